The highest BCUT2D eigenvalue weighted by Gasteiger charge is 2.44. The largest absolute Gasteiger partial charge is 0.507 e. The Bertz CT molecular complexity index is 1250. The molecule has 1 aromatic carbocycles. The molecular formula is C31H46NO9P. The topological polar surface area (TPSA) is 148 Å². The molecule has 1 aliphatic carbocycles. The van der Waals surface area contributed by atoms with E-state index in [4.69, 9.17) is 14.0 Å². The second-order valence-electron chi connectivity index (χ2n) is 11.1. The number of carboxylic acids is 1. The van der Waals surface area contributed by atoms with Gasteiger partial charge in [0.05, 0.1) is 12.7 Å². The first-order valence-electron chi connectivity index (χ1n) is 14.6. The summed E-state index contributed by atoms with van der Waals surface area (Å²) in [7, 11) is -4.81. The lowest BCUT2D eigenvalue weighted by Crippen LogP contribution is -2.37. The number of hydrogen-bond acceptors (Lipinski definition) is 8. The van der Waals surface area contributed by atoms with Crippen LogP contribution in [-0.2, 0) is 25.3 Å². The first kappa shape index (κ1) is 35.1. The van der Waals surface area contributed by atoms with Gasteiger partial charge >= 0.3 is 25.2 Å². The summed E-state index contributed by atoms with van der Waals surface area (Å²) in [6.07, 6.45) is 5.55. The predicted octanol–water partition coefficient (Wildman–Crippen LogP) is 7.50. The molecule has 0 spiro atoms. The number of carbonyl (C=O) groups excluding carboxylic acids is 2. The van der Waals surface area contributed by atoms with Crippen LogP contribution in [0.5, 0.6) is 11.5 Å². The Labute approximate surface area is 249 Å². The zero-order valence-corrected chi connectivity index (χ0v) is 26.7. The molecule has 1 aliphatic rings. The van der Waals surface area contributed by atoms with Crippen LogP contribution in [-0.4, -0.2) is 46.6 Å². The molecule has 2 rings (SSSR count). The van der Waals surface area contributed by atoms with E-state index in [2.05, 4.69) is 11.7 Å². The van der Waals surface area contributed by atoms with Crippen LogP contribution in [0.4, 0.5) is 4.79 Å². The maximum Gasteiger partial charge on any atom is 0.424 e. The molecular weight excluding hydrogens is 561 g/mol. The summed E-state index contributed by atoms with van der Waals surface area (Å²) in [5.41, 5.74) is 0.595. The zero-order valence-electron chi connectivity index (χ0n) is 25.8. The first-order chi connectivity index (χ1) is 19.7. The second kappa shape index (κ2) is 15.4. The summed E-state index contributed by atoms with van der Waals surface area (Å²) in [5, 5.41) is 24.3. The minimum absolute atomic E-state index is 0.0856. The van der Waals surface area contributed by atoms with Crippen molar-refractivity contribution in [1.82, 2.24) is 5.09 Å². The van der Waals surface area contributed by atoms with Crippen molar-refractivity contribution in [3.05, 3.63) is 46.6 Å². The quantitative estimate of drug-likeness (QED) is 0.0792. The molecule has 234 valence electrons. The lowest BCUT2D eigenvalue weighted by Gasteiger charge is -2.33. The zero-order chi connectivity index (χ0) is 31.8. The van der Waals surface area contributed by atoms with Crippen LogP contribution >= 0.6 is 7.52 Å². The number of benzene rings is 1. The van der Waals surface area contributed by atoms with Gasteiger partial charge in [-0.3, -0.25) is 4.79 Å². The molecule has 11 heteroatoms. The first-order valence-corrected chi connectivity index (χ1v) is 16.2. The smallest absolute Gasteiger partial charge is 0.424 e. The summed E-state index contributed by atoms with van der Waals surface area (Å²) in [5.74, 6) is -3.57. The molecule has 10 nitrogen and oxygen atoms in total. The van der Waals surface area contributed by atoms with Crippen molar-refractivity contribution in [3.63, 3.8) is 0 Å². The van der Waals surface area contributed by atoms with Crippen LogP contribution in [0.1, 0.15) is 108 Å². The minimum Gasteiger partial charge on any atom is -0.507 e. The fourth-order valence-corrected chi connectivity index (χ4v) is 6.72. The van der Waals surface area contributed by atoms with Gasteiger partial charge in [0.2, 0.25) is 0 Å². The van der Waals surface area contributed by atoms with Crippen molar-refractivity contribution in [2.75, 3.05) is 6.61 Å². The number of allylic oxidation sites excluding steroid dienone is 3. The highest BCUT2D eigenvalue weighted by molar-refractivity contribution is 7.74. The van der Waals surface area contributed by atoms with E-state index in [1.54, 1.807) is 13.8 Å². The van der Waals surface area contributed by atoms with Gasteiger partial charge in [0.15, 0.2) is 5.75 Å². The fraction of sp³-hybridized carbons (Fsp3) is 0.581. The summed E-state index contributed by atoms with van der Waals surface area (Å²) >= 11 is 0. The number of esters is 1. The van der Waals surface area contributed by atoms with E-state index in [-0.39, 0.29) is 35.0 Å². The Balaban J connectivity index is 2.88. The number of carbonyl (C=O) groups is 3. The van der Waals surface area contributed by atoms with E-state index in [0.29, 0.717) is 19.3 Å². The number of carboxylic acid groups (broad SMARTS) is 1. The Morgan fingerprint density at radius 1 is 1.19 bits per heavy atom. The van der Waals surface area contributed by atoms with Gasteiger partial charge in [0, 0.05) is 11.5 Å². The molecule has 0 bridgehead atoms. The number of rotatable bonds is 15. The number of aryl methyl sites for hydroxylation is 1. The lowest BCUT2D eigenvalue weighted by atomic mass is 9.73. The Hall–Kier alpha value is -3.10. The number of unbranched alkanes of at least 4 members (excludes halogenated alkanes) is 2. The van der Waals surface area contributed by atoms with Crippen LogP contribution in [0.2, 0.25) is 0 Å². The van der Waals surface area contributed by atoms with E-state index in [1.807, 2.05) is 26.8 Å². The van der Waals surface area contributed by atoms with Crippen LogP contribution < -0.4 is 9.61 Å². The van der Waals surface area contributed by atoms with Gasteiger partial charge in [0.1, 0.15) is 17.4 Å². The summed E-state index contributed by atoms with van der Waals surface area (Å²) < 4.78 is 30.6. The van der Waals surface area contributed by atoms with E-state index in [0.717, 1.165) is 30.4 Å². The predicted molar refractivity (Wildman–Crippen MR) is 161 cm³/mol. The number of hydrogen-bond donors (Lipinski definition) is 3. The Kier molecular flexibility index (Phi) is 12.9. The average Bonchev–Trinajstić information content (AvgIpc) is 2.88. The van der Waals surface area contributed by atoms with Crippen LogP contribution in [0.25, 0.3) is 0 Å². The number of phenolic OH excluding ortho intramolecular Hbond substituents is 1. The van der Waals surface area contributed by atoms with Gasteiger partial charge in [-0.1, -0.05) is 43.6 Å². The van der Waals surface area contributed by atoms with E-state index >= 15 is 0 Å². The van der Waals surface area contributed by atoms with E-state index < -0.39 is 49.0 Å². The number of aromatic hydroxyl groups is 1. The molecule has 4 atom stereocenters. The average molecular weight is 608 g/mol. The number of aromatic carboxylic acids is 1. The van der Waals surface area contributed by atoms with Crippen molar-refractivity contribution in [3.8, 4) is 11.5 Å². The normalized spacial score (nSPS) is 18.9. The third-order valence-corrected chi connectivity index (χ3v) is 8.93. The maximum atomic E-state index is 14.3. The van der Waals surface area contributed by atoms with Gasteiger partial charge in [0.25, 0.3) is 0 Å². The summed E-state index contributed by atoms with van der Waals surface area (Å²) in [6.45, 7) is 15.9. The monoisotopic (exact) mass is 607 g/mol. The molecule has 3 N–H and O–H groups in total. The highest BCUT2D eigenvalue weighted by atomic mass is 31.2. The second-order valence-corrected chi connectivity index (χ2v) is 13.1. The SMILES string of the molecule is C=C(C)C1CCC(C)=CC1c1c(O)cc(CCCCC)c(C(=O)O)c1OP(=O)(NC(C)C(=O)OC(C)C)C(=O)OCC. The standard InChI is InChI=1S/C31H46NO9P/c1-9-11-12-13-22-17-25(33)27(24-16-20(7)14-15-23(24)18(3)4)28(26(22)29(34)35)41-42(38,31(37)39-10-2)32-21(8)30(36)40-19(5)6/h16-17,19,21,23-24,33H,3,9-15H2,1-2,4-8H3,(H,32,38)(H,34,35). The Morgan fingerprint density at radius 2 is 1.86 bits per heavy atom. The minimum atomic E-state index is -4.81. The van der Waals surface area contributed by atoms with Crippen LogP contribution in [0.3, 0.4) is 0 Å². The third kappa shape index (κ3) is 8.71. The van der Waals surface area contributed by atoms with Gasteiger partial charge in [-0.2, -0.15) is 0 Å². The van der Waals surface area contributed by atoms with Crippen molar-refractivity contribution < 1.29 is 43.2 Å². The van der Waals surface area contributed by atoms with Gasteiger partial charge in [-0.15, -0.1) is 0 Å². The molecule has 0 amide bonds. The molecule has 1 aromatic rings. The van der Waals surface area contributed by atoms with Crippen LogP contribution in [0.15, 0.2) is 29.9 Å². The molecule has 0 aromatic heterocycles. The molecule has 42 heavy (non-hydrogen) atoms. The fourth-order valence-electron chi connectivity index (χ4n) is 5.13. The van der Waals surface area contributed by atoms with Crippen molar-refractivity contribution in [1.29, 1.82) is 0 Å². The van der Waals surface area contributed by atoms with Gasteiger partial charge < -0.3 is 24.2 Å². The Morgan fingerprint density at radius 3 is 2.40 bits per heavy atom. The molecule has 0 radical (unpaired) electrons. The molecule has 0 saturated carbocycles. The van der Waals surface area contributed by atoms with Gasteiger partial charge in [-0.25, -0.2) is 19.2 Å². The molecule has 0 fully saturated rings. The number of ether oxygens (including phenoxy) is 2. The molecule has 0 heterocycles. The van der Waals surface area contributed by atoms with Crippen LogP contribution in [0, 0.1) is 5.92 Å². The number of phenols is 1. The molecule has 0 aliphatic heterocycles. The van der Waals surface area contributed by atoms with E-state index in [1.165, 1.54) is 19.9 Å². The van der Waals surface area contributed by atoms with Crippen molar-refractivity contribution in [2.45, 2.75) is 105 Å². The third-order valence-electron chi connectivity index (χ3n) is 7.15. The summed E-state index contributed by atoms with van der Waals surface area (Å²) in [4.78, 5) is 38.6. The van der Waals surface area contributed by atoms with Gasteiger partial charge in [-0.05, 0) is 84.8 Å². The number of nitrogens with one attached hydrogen (secondary N) is 1. The molecule has 4 unspecified atom stereocenters. The summed E-state index contributed by atoms with van der Waals surface area (Å²) in [6, 6.07) is 0.139. The maximum absolute atomic E-state index is 14.3. The van der Waals surface area contributed by atoms with Crippen molar-refractivity contribution >= 4 is 25.2 Å². The van der Waals surface area contributed by atoms with E-state index in [9.17, 15) is 29.2 Å². The van der Waals surface area contributed by atoms with Crippen molar-refractivity contribution in [2.24, 2.45) is 5.92 Å². The highest BCUT2D eigenvalue weighted by Crippen LogP contribution is 2.54. The molecule has 0 saturated heterocycles. The lowest BCUT2D eigenvalue weighted by molar-refractivity contribution is -0.149.